The van der Waals surface area contributed by atoms with Crippen LogP contribution in [0.2, 0.25) is 0 Å². The zero-order chi connectivity index (χ0) is 58.5. The van der Waals surface area contributed by atoms with E-state index < -0.39 is 12.1 Å². The molecule has 0 aromatic heterocycles. The Morgan fingerprint density at radius 3 is 0.728 bits per heavy atom. The van der Waals surface area contributed by atoms with Gasteiger partial charge in [-0.2, -0.15) is 0 Å². The Kier molecular flexibility index (Phi) is 61.1. The zero-order valence-electron chi connectivity index (χ0n) is 50.9. The van der Waals surface area contributed by atoms with Gasteiger partial charge in [0.1, 0.15) is 13.2 Å². The zero-order valence-corrected chi connectivity index (χ0v) is 50.9. The minimum atomic E-state index is -0.855. The molecule has 0 aromatic rings. The number of esters is 3. The predicted octanol–water partition coefficient (Wildman–Crippen LogP) is 21.8. The van der Waals surface area contributed by atoms with Crippen LogP contribution in [0.25, 0.3) is 0 Å². The normalized spacial score (nSPS) is 13.7. The predicted molar refractivity (Wildman–Crippen MR) is 352 cm³/mol. The highest BCUT2D eigenvalue weighted by atomic mass is 16.6. The minimum absolute atomic E-state index is 0.144. The van der Waals surface area contributed by atoms with Crippen LogP contribution in [0.1, 0.15) is 213 Å². The maximum absolute atomic E-state index is 12.9. The van der Waals surface area contributed by atoms with Crippen molar-refractivity contribution in [3.8, 4) is 0 Å². The van der Waals surface area contributed by atoms with Gasteiger partial charge in [-0.15, -0.1) is 0 Å². The summed E-state index contributed by atoms with van der Waals surface area (Å²) >= 11 is 0. The summed E-state index contributed by atoms with van der Waals surface area (Å²) < 4.78 is 16.8. The van der Waals surface area contributed by atoms with Crippen LogP contribution in [0, 0.1) is 0 Å². The van der Waals surface area contributed by atoms with Crippen LogP contribution in [0.15, 0.2) is 219 Å². The number of carbonyl (C=O) groups excluding carboxylic acids is 3. The fraction of sp³-hybridized carbons (Fsp3) is 0.480. The molecule has 6 nitrogen and oxygen atoms in total. The summed E-state index contributed by atoms with van der Waals surface area (Å²) in [6.45, 7) is 6.16. The van der Waals surface area contributed by atoms with Crippen LogP contribution >= 0.6 is 0 Å². The van der Waals surface area contributed by atoms with E-state index in [4.69, 9.17) is 14.2 Å². The fourth-order valence-corrected chi connectivity index (χ4v) is 7.40. The molecule has 0 rings (SSSR count). The molecule has 0 aliphatic rings. The highest BCUT2D eigenvalue weighted by molar-refractivity contribution is 5.71. The first-order chi connectivity index (χ1) is 40.0. The SMILES string of the molecule is CC/C=C\C/C=C\C/C=C\C/C=C\C/C=C\C/C=C\C/C=C\C/C=C\CCCCC(=O)OCC(COC(=O)CCCCC/C=C\C/C=C\C/C=C\CC)OC(=O)CCC/C=C\C/C=C\C/C=C\C/C=C\C/C=C\C/C=C\C/C=C\CC. The number of allylic oxidation sites excluding steroid dienone is 36. The van der Waals surface area contributed by atoms with E-state index in [1.165, 1.54) is 0 Å². The third-order valence-electron chi connectivity index (χ3n) is 12.0. The molecular weight excluding hydrogens is 997 g/mol. The molecule has 1 atom stereocenters. The van der Waals surface area contributed by atoms with Crippen LogP contribution < -0.4 is 0 Å². The van der Waals surface area contributed by atoms with Gasteiger partial charge in [-0.1, -0.05) is 246 Å². The molecule has 0 bridgehead atoms. The summed E-state index contributed by atoms with van der Waals surface area (Å²) in [5, 5.41) is 0. The summed E-state index contributed by atoms with van der Waals surface area (Å²) in [5.41, 5.74) is 0. The quantitative estimate of drug-likeness (QED) is 0.0261. The van der Waals surface area contributed by atoms with Gasteiger partial charge in [0.05, 0.1) is 0 Å². The van der Waals surface area contributed by atoms with Crippen LogP contribution in [0.5, 0.6) is 0 Å². The second-order valence-corrected chi connectivity index (χ2v) is 19.5. The maximum atomic E-state index is 12.9. The minimum Gasteiger partial charge on any atom is -0.462 e. The number of ether oxygens (including phenoxy) is 3. The van der Waals surface area contributed by atoms with Gasteiger partial charge < -0.3 is 14.2 Å². The molecule has 0 aromatic carbocycles. The molecule has 0 spiro atoms. The monoisotopic (exact) mass is 1110 g/mol. The Labute approximate surface area is 495 Å². The van der Waals surface area contributed by atoms with Crippen LogP contribution in [-0.2, 0) is 28.6 Å². The smallest absolute Gasteiger partial charge is 0.306 e. The molecule has 0 saturated carbocycles. The molecular formula is C75H110O6. The second-order valence-electron chi connectivity index (χ2n) is 19.5. The molecule has 0 aliphatic heterocycles. The summed E-state index contributed by atoms with van der Waals surface area (Å²) in [7, 11) is 0. The number of hydrogen-bond donors (Lipinski definition) is 0. The highest BCUT2D eigenvalue weighted by Gasteiger charge is 2.19. The Bertz CT molecular complexity index is 2050. The molecule has 0 aliphatic carbocycles. The lowest BCUT2D eigenvalue weighted by Gasteiger charge is -2.18. The van der Waals surface area contributed by atoms with Gasteiger partial charge >= 0.3 is 17.9 Å². The van der Waals surface area contributed by atoms with Crippen molar-refractivity contribution in [1.29, 1.82) is 0 Å². The molecule has 0 N–H and O–H groups in total. The molecule has 81 heavy (non-hydrogen) atoms. The Morgan fingerprint density at radius 2 is 0.457 bits per heavy atom. The van der Waals surface area contributed by atoms with Gasteiger partial charge in [0.15, 0.2) is 6.10 Å². The van der Waals surface area contributed by atoms with E-state index in [1.807, 2.05) is 0 Å². The van der Waals surface area contributed by atoms with Crippen molar-refractivity contribution in [3.05, 3.63) is 219 Å². The van der Waals surface area contributed by atoms with Crippen molar-refractivity contribution in [2.24, 2.45) is 0 Å². The molecule has 0 radical (unpaired) electrons. The van der Waals surface area contributed by atoms with Crippen LogP contribution in [0.4, 0.5) is 0 Å². The summed E-state index contributed by atoms with van der Waals surface area (Å²) in [6, 6.07) is 0. The van der Waals surface area contributed by atoms with Crippen molar-refractivity contribution in [3.63, 3.8) is 0 Å². The van der Waals surface area contributed by atoms with Crippen molar-refractivity contribution in [2.75, 3.05) is 13.2 Å². The molecule has 0 fully saturated rings. The van der Waals surface area contributed by atoms with Crippen molar-refractivity contribution in [2.45, 2.75) is 219 Å². The van der Waals surface area contributed by atoms with Gasteiger partial charge in [-0.3, -0.25) is 14.4 Å². The maximum Gasteiger partial charge on any atom is 0.306 e. The first-order valence-electron chi connectivity index (χ1n) is 31.2. The Hall–Kier alpha value is -6.27. The van der Waals surface area contributed by atoms with E-state index >= 15 is 0 Å². The molecule has 0 saturated heterocycles. The number of hydrogen-bond acceptors (Lipinski definition) is 6. The van der Waals surface area contributed by atoms with E-state index in [-0.39, 0.29) is 44.4 Å². The first-order valence-corrected chi connectivity index (χ1v) is 31.2. The Balaban J connectivity index is 4.60. The molecule has 0 amide bonds. The van der Waals surface area contributed by atoms with E-state index in [0.29, 0.717) is 12.8 Å². The molecule has 1 unspecified atom stereocenters. The molecule has 446 valence electrons. The Morgan fingerprint density at radius 1 is 0.247 bits per heavy atom. The third-order valence-corrected chi connectivity index (χ3v) is 12.0. The van der Waals surface area contributed by atoms with Gasteiger partial charge in [-0.25, -0.2) is 0 Å². The average Bonchev–Trinajstić information content (AvgIpc) is 3.46. The second kappa shape index (κ2) is 66.2. The molecule has 0 heterocycles. The first kappa shape index (κ1) is 74.7. The lowest BCUT2D eigenvalue weighted by atomic mass is 10.1. The summed E-state index contributed by atoms with van der Waals surface area (Å²) in [6.07, 6.45) is 104. The lowest BCUT2D eigenvalue weighted by molar-refractivity contribution is -0.167. The number of unbranched alkanes of at least 4 members (excludes halogenated alkanes) is 6. The van der Waals surface area contributed by atoms with Crippen molar-refractivity contribution in [1.82, 2.24) is 0 Å². The van der Waals surface area contributed by atoms with E-state index in [1.54, 1.807) is 0 Å². The summed E-state index contributed by atoms with van der Waals surface area (Å²) in [5.74, 6) is -1.09. The summed E-state index contributed by atoms with van der Waals surface area (Å²) in [4.78, 5) is 38.2. The average molecular weight is 1110 g/mol. The number of rotatable bonds is 53. The van der Waals surface area contributed by atoms with Gasteiger partial charge in [-0.05, 0) is 167 Å². The standard InChI is InChI=1S/C75H110O6/c1-4-7-10-13-16-19-22-25-27-29-31-33-35-36-37-38-40-41-43-45-47-50-53-56-59-62-65-68-74(77)80-71-72(70-79-73(76)67-64-61-58-55-52-49-24-21-18-15-12-9-6-3)81-75(78)69-66-63-60-57-54-51-48-46-44-42-39-34-32-30-28-26-23-20-17-14-11-8-5-2/h7-12,16-21,25-28,31-34,36-37,40-42,44-45,47-49,51-53,56-57,60,72H,4-6,13-15,22-24,29-30,35,38-39,43,46,50,54-55,58-59,61-71H2,1-3H3/b10-7-,11-8-,12-9-,19-16-,20-17-,21-18-,27-25-,28-26-,33-31-,34-32-,37-36-,41-40-,44-42-,47-45-,51-48-,52-49-,56-53-,60-57-. The van der Waals surface area contributed by atoms with Gasteiger partial charge in [0.25, 0.3) is 0 Å². The van der Waals surface area contributed by atoms with E-state index in [0.717, 1.165) is 161 Å². The molecule has 6 heteroatoms. The lowest BCUT2D eigenvalue weighted by Crippen LogP contribution is -2.30. The van der Waals surface area contributed by atoms with E-state index in [9.17, 15) is 14.4 Å². The fourth-order valence-electron chi connectivity index (χ4n) is 7.40. The number of carbonyl (C=O) groups is 3. The van der Waals surface area contributed by atoms with Crippen molar-refractivity contribution >= 4 is 17.9 Å². The van der Waals surface area contributed by atoms with Crippen molar-refractivity contribution < 1.29 is 28.6 Å². The third kappa shape index (κ3) is 64.4. The largest absolute Gasteiger partial charge is 0.462 e. The highest BCUT2D eigenvalue weighted by Crippen LogP contribution is 2.10. The van der Waals surface area contributed by atoms with Crippen LogP contribution in [0.3, 0.4) is 0 Å². The van der Waals surface area contributed by atoms with E-state index in [2.05, 4.69) is 240 Å². The van der Waals surface area contributed by atoms with Gasteiger partial charge in [0.2, 0.25) is 0 Å². The van der Waals surface area contributed by atoms with Gasteiger partial charge in [0, 0.05) is 19.3 Å². The topological polar surface area (TPSA) is 78.9 Å². The van der Waals surface area contributed by atoms with Crippen LogP contribution in [-0.4, -0.2) is 37.2 Å².